The molecular weight excluding hydrogens is 337 g/mol. The van der Waals surface area contributed by atoms with E-state index in [1.807, 2.05) is 6.07 Å². The zero-order valence-corrected chi connectivity index (χ0v) is 13.9. The molecule has 0 aliphatic carbocycles. The molecule has 0 bridgehead atoms. The van der Waals surface area contributed by atoms with Gasteiger partial charge in [-0.25, -0.2) is 0 Å². The lowest BCUT2D eigenvalue weighted by molar-refractivity contribution is -0.113. The number of halogens is 2. The number of ether oxygens (including phenoxy) is 2. The van der Waals surface area contributed by atoms with Crippen LogP contribution in [0.2, 0.25) is 10.0 Å². The Morgan fingerprint density at radius 3 is 2.57 bits per heavy atom. The first-order valence-corrected chi connectivity index (χ1v) is 7.47. The highest BCUT2D eigenvalue weighted by atomic mass is 35.5. The van der Waals surface area contributed by atoms with Crippen LogP contribution in [0.4, 0.5) is 0 Å². The van der Waals surface area contributed by atoms with E-state index in [0.717, 1.165) is 11.1 Å². The number of carbonyl (C=O) groups is 1. The largest absolute Gasteiger partial charge is 0.493 e. The van der Waals surface area contributed by atoms with E-state index < -0.39 is 5.91 Å². The summed E-state index contributed by atoms with van der Waals surface area (Å²) in [6.45, 7) is 0.302. The van der Waals surface area contributed by atoms with Crippen LogP contribution in [0.1, 0.15) is 11.1 Å². The molecule has 2 rings (SSSR count). The number of amides is 1. The topological polar surface area (TPSA) is 61.5 Å². The van der Waals surface area contributed by atoms with Crippen LogP contribution in [0.3, 0.4) is 0 Å². The van der Waals surface area contributed by atoms with Gasteiger partial charge in [0.15, 0.2) is 11.5 Å². The molecule has 2 aromatic rings. The normalized spacial score (nSPS) is 10.7. The molecule has 0 atom stereocenters. The molecule has 0 aromatic heterocycles. The third-order valence-electron chi connectivity index (χ3n) is 3.01. The first kappa shape index (κ1) is 17.2. The number of rotatable bonds is 6. The molecule has 0 fully saturated rings. The molecule has 0 saturated heterocycles. The maximum Gasteiger partial charge on any atom is 0.241 e. The Morgan fingerprint density at radius 1 is 1.13 bits per heavy atom. The van der Waals surface area contributed by atoms with Crippen LogP contribution < -0.4 is 15.2 Å². The molecule has 1 amide bonds. The summed E-state index contributed by atoms with van der Waals surface area (Å²) in [7, 11) is 1.56. The molecular formula is C17H15Cl2NO3. The molecule has 2 aromatic carbocycles. The van der Waals surface area contributed by atoms with Crippen molar-refractivity contribution in [3.05, 3.63) is 63.6 Å². The molecule has 23 heavy (non-hydrogen) atoms. The Bertz CT molecular complexity index is 745. The van der Waals surface area contributed by atoms with E-state index in [1.165, 1.54) is 6.08 Å². The lowest BCUT2D eigenvalue weighted by atomic mass is 10.2. The zero-order chi connectivity index (χ0) is 16.8. The first-order valence-electron chi connectivity index (χ1n) is 6.72. The summed E-state index contributed by atoms with van der Waals surface area (Å²) in [5.74, 6) is 0.616. The summed E-state index contributed by atoms with van der Waals surface area (Å²) in [6, 6.07) is 10.6. The van der Waals surface area contributed by atoms with Crippen molar-refractivity contribution in [2.45, 2.75) is 6.61 Å². The average molecular weight is 352 g/mol. The fraction of sp³-hybridized carbons (Fsp3) is 0.118. The van der Waals surface area contributed by atoms with E-state index in [9.17, 15) is 4.79 Å². The molecule has 0 radical (unpaired) electrons. The molecule has 0 saturated carbocycles. The quantitative estimate of drug-likeness (QED) is 0.797. The highest BCUT2D eigenvalue weighted by Gasteiger charge is 2.07. The second-order valence-electron chi connectivity index (χ2n) is 4.68. The summed E-state index contributed by atoms with van der Waals surface area (Å²) < 4.78 is 11.0. The first-order chi connectivity index (χ1) is 11.0. The van der Waals surface area contributed by atoms with E-state index in [4.69, 9.17) is 38.4 Å². The van der Waals surface area contributed by atoms with E-state index in [1.54, 1.807) is 43.5 Å². The number of hydrogen-bond acceptors (Lipinski definition) is 3. The Kier molecular flexibility index (Phi) is 5.90. The smallest absolute Gasteiger partial charge is 0.241 e. The standard InChI is InChI=1S/C17H15Cl2NO3/c1-22-15-6-3-11(4-7-17(20)21)9-16(15)23-10-12-2-5-13(18)14(19)8-12/h2-9H,10H2,1H3,(H2,20,21)/b7-4+. The third-order valence-corrected chi connectivity index (χ3v) is 3.75. The summed E-state index contributed by atoms with van der Waals surface area (Å²) in [4.78, 5) is 10.8. The summed E-state index contributed by atoms with van der Waals surface area (Å²) in [5, 5.41) is 0.962. The number of methoxy groups -OCH3 is 1. The van der Waals surface area contributed by atoms with Crippen molar-refractivity contribution in [1.82, 2.24) is 0 Å². The number of hydrogen-bond donors (Lipinski definition) is 1. The summed E-state index contributed by atoms with van der Waals surface area (Å²) in [5.41, 5.74) is 6.74. The van der Waals surface area contributed by atoms with Crippen LogP contribution in [0.15, 0.2) is 42.5 Å². The van der Waals surface area contributed by atoms with Crippen LogP contribution in [-0.2, 0) is 11.4 Å². The number of carbonyl (C=O) groups excluding carboxylic acids is 1. The van der Waals surface area contributed by atoms with Crippen molar-refractivity contribution in [3.63, 3.8) is 0 Å². The van der Waals surface area contributed by atoms with Crippen molar-refractivity contribution < 1.29 is 14.3 Å². The van der Waals surface area contributed by atoms with E-state index in [0.29, 0.717) is 28.2 Å². The third kappa shape index (κ3) is 4.91. The summed E-state index contributed by atoms with van der Waals surface area (Å²) in [6.07, 6.45) is 2.89. The molecule has 4 nitrogen and oxygen atoms in total. The second-order valence-corrected chi connectivity index (χ2v) is 5.50. The predicted octanol–water partition coefficient (Wildman–Crippen LogP) is 4.08. The second kappa shape index (κ2) is 7.90. The molecule has 0 heterocycles. The molecule has 0 aliphatic heterocycles. The minimum Gasteiger partial charge on any atom is -0.493 e. The van der Waals surface area contributed by atoms with Crippen molar-refractivity contribution in [3.8, 4) is 11.5 Å². The molecule has 0 aliphatic rings. The maximum absolute atomic E-state index is 10.8. The monoisotopic (exact) mass is 351 g/mol. The minimum absolute atomic E-state index is 0.302. The van der Waals surface area contributed by atoms with Crippen molar-refractivity contribution in [2.24, 2.45) is 5.73 Å². The van der Waals surface area contributed by atoms with Gasteiger partial charge in [0, 0.05) is 6.08 Å². The SMILES string of the molecule is COc1ccc(/C=C/C(N)=O)cc1OCc1ccc(Cl)c(Cl)c1. The maximum atomic E-state index is 10.8. The zero-order valence-electron chi connectivity index (χ0n) is 12.4. The van der Waals surface area contributed by atoms with Crippen LogP contribution in [-0.4, -0.2) is 13.0 Å². The van der Waals surface area contributed by atoms with Crippen LogP contribution in [0, 0.1) is 0 Å². The van der Waals surface area contributed by atoms with Gasteiger partial charge in [-0.1, -0.05) is 35.3 Å². The highest BCUT2D eigenvalue weighted by molar-refractivity contribution is 6.42. The molecule has 6 heteroatoms. The van der Waals surface area contributed by atoms with E-state index in [2.05, 4.69) is 0 Å². The Morgan fingerprint density at radius 2 is 1.91 bits per heavy atom. The molecule has 120 valence electrons. The predicted molar refractivity (Wildman–Crippen MR) is 92.0 cm³/mol. The molecule has 0 spiro atoms. The fourth-order valence-corrected chi connectivity index (χ4v) is 2.20. The van der Waals surface area contributed by atoms with Gasteiger partial charge in [0.1, 0.15) is 6.61 Å². The van der Waals surface area contributed by atoms with Gasteiger partial charge in [-0.2, -0.15) is 0 Å². The number of nitrogens with two attached hydrogens (primary N) is 1. The highest BCUT2D eigenvalue weighted by Crippen LogP contribution is 2.30. The lowest BCUT2D eigenvalue weighted by Gasteiger charge is -2.12. The fourth-order valence-electron chi connectivity index (χ4n) is 1.88. The number of benzene rings is 2. The molecule has 0 unspecified atom stereocenters. The average Bonchev–Trinajstić information content (AvgIpc) is 2.54. The van der Waals surface area contributed by atoms with Gasteiger partial charge in [-0.3, -0.25) is 4.79 Å². The molecule has 2 N–H and O–H groups in total. The van der Waals surface area contributed by atoms with Crippen molar-refractivity contribution in [2.75, 3.05) is 7.11 Å². The summed E-state index contributed by atoms with van der Waals surface area (Å²) >= 11 is 11.9. The Hall–Kier alpha value is -2.17. The van der Waals surface area contributed by atoms with Gasteiger partial charge in [0.2, 0.25) is 5.91 Å². The van der Waals surface area contributed by atoms with Crippen LogP contribution in [0.5, 0.6) is 11.5 Å². The number of primary amides is 1. The van der Waals surface area contributed by atoms with Crippen LogP contribution >= 0.6 is 23.2 Å². The van der Waals surface area contributed by atoms with E-state index in [-0.39, 0.29) is 0 Å². The van der Waals surface area contributed by atoms with Gasteiger partial charge < -0.3 is 15.2 Å². The lowest BCUT2D eigenvalue weighted by Crippen LogP contribution is -2.05. The van der Waals surface area contributed by atoms with E-state index >= 15 is 0 Å². The van der Waals surface area contributed by atoms with Crippen LogP contribution in [0.25, 0.3) is 6.08 Å². The van der Waals surface area contributed by atoms with Gasteiger partial charge in [-0.15, -0.1) is 0 Å². The Labute approximate surface area is 144 Å². The van der Waals surface area contributed by atoms with Gasteiger partial charge in [0.25, 0.3) is 0 Å². The van der Waals surface area contributed by atoms with Crippen molar-refractivity contribution in [1.29, 1.82) is 0 Å². The van der Waals surface area contributed by atoms with Gasteiger partial charge in [-0.05, 0) is 41.5 Å². The van der Waals surface area contributed by atoms with Gasteiger partial charge in [0.05, 0.1) is 17.2 Å². The minimum atomic E-state index is -0.515. The Balaban J connectivity index is 2.18. The van der Waals surface area contributed by atoms with Crippen molar-refractivity contribution >= 4 is 35.2 Å². The van der Waals surface area contributed by atoms with Gasteiger partial charge >= 0.3 is 0 Å².